The van der Waals surface area contributed by atoms with Crippen molar-refractivity contribution in [2.45, 2.75) is 108 Å². The van der Waals surface area contributed by atoms with E-state index in [0.717, 1.165) is 66.3 Å². The fraction of sp³-hybridized carbons (Fsp3) is 0.538. The molecule has 8 rings (SSSR count). The van der Waals surface area contributed by atoms with Gasteiger partial charge in [0.05, 0.1) is 65.0 Å². The summed E-state index contributed by atoms with van der Waals surface area (Å²) in [5.74, 6) is -0.168. The van der Waals surface area contributed by atoms with E-state index >= 15 is 0 Å². The zero-order chi connectivity index (χ0) is 52.0. The van der Waals surface area contributed by atoms with Crippen LogP contribution in [-0.2, 0) is 30.5 Å². The van der Waals surface area contributed by atoms with E-state index in [4.69, 9.17) is 22.1 Å². The molecule has 0 bridgehead atoms. The van der Waals surface area contributed by atoms with Gasteiger partial charge in [0, 0.05) is 68.6 Å². The molecule has 21 heteroatoms. The van der Waals surface area contributed by atoms with Crippen LogP contribution in [0.5, 0.6) is 5.75 Å². The number of nitrogens with one attached hydrogen (secondary N) is 3. The van der Waals surface area contributed by atoms with Gasteiger partial charge in [0.25, 0.3) is 0 Å². The predicted molar refractivity (Wildman–Crippen MR) is 282 cm³/mol. The number of aliphatic hydroxyl groups excluding tert-OH is 1. The first-order valence-corrected chi connectivity index (χ1v) is 27.2. The molecular weight excluding hydrogens is 990 g/mol. The van der Waals surface area contributed by atoms with Crippen molar-refractivity contribution in [2.24, 2.45) is 22.5 Å². The SMILES string of the molecule is Cc1ncsc1-c1ccc(CNC(=O)C2CC(O)CN2C(=O)[C@@H](NC(=O)C2CC2)C(C)(C)C)c(OCCCN2CCN(CC(=O)Nc3cccc(Sc4cnc(N5CCC(C)(CN)CC5)cn4)c3Cl)C(=O)C2)c1. The largest absolute Gasteiger partial charge is 0.493 e. The van der Waals surface area contributed by atoms with Gasteiger partial charge < -0.3 is 46.2 Å². The lowest BCUT2D eigenvalue weighted by atomic mass is 9.80. The van der Waals surface area contributed by atoms with Gasteiger partial charge in [0.1, 0.15) is 28.7 Å². The summed E-state index contributed by atoms with van der Waals surface area (Å²) in [7, 11) is 0. The number of nitrogens with two attached hydrogens (primary N) is 1. The van der Waals surface area contributed by atoms with Crippen LogP contribution in [0.2, 0.25) is 5.02 Å². The smallest absolute Gasteiger partial charge is 0.246 e. The standard InChI is InChI=1S/C52H68ClN11O7S2/c1-32-46(72-31-58-32)34-12-13-35(24-57-49(69)38-23-36(65)27-64(38)50(70)47(51(2,3)4)60-48(68)33-10-11-33)39(22-34)71-21-7-16-61-19-20-63(44(67)29-61)28-42(66)59-37-8-6-9-40(45(37)53)73-43-26-55-41(25-56-43)62-17-14-52(5,30-54)15-18-62/h6,8-9,12-13,22,25-26,31,33,36,38,47,65H,7,10-11,14-21,23-24,27-30,54H2,1-5H3,(H,57,69)(H,59,66)(H,60,68)/t36?,38?,47-/m1/s1. The molecule has 5 amide bonds. The number of piperazine rings is 1. The first-order chi connectivity index (χ1) is 34.9. The molecule has 18 nitrogen and oxygen atoms in total. The zero-order valence-corrected chi connectivity index (χ0v) is 44.7. The maximum absolute atomic E-state index is 14.0. The van der Waals surface area contributed by atoms with Crippen molar-refractivity contribution >= 4 is 75.7 Å². The summed E-state index contributed by atoms with van der Waals surface area (Å²) < 4.78 is 6.41. The summed E-state index contributed by atoms with van der Waals surface area (Å²) >= 11 is 9.67. The van der Waals surface area contributed by atoms with Gasteiger partial charge in [-0.2, -0.15) is 0 Å². The quantitative estimate of drug-likeness (QED) is 0.0747. The zero-order valence-electron chi connectivity index (χ0n) is 42.3. The van der Waals surface area contributed by atoms with Gasteiger partial charge in [-0.15, -0.1) is 11.3 Å². The van der Waals surface area contributed by atoms with Gasteiger partial charge in [-0.25, -0.2) is 15.0 Å². The maximum atomic E-state index is 14.0. The van der Waals surface area contributed by atoms with Crippen molar-refractivity contribution in [3.05, 3.63) is 70.6 Å². The lowest BCUT2D eigenvalue weighted by Crippen LogP contribution is -2.58. The topological polar surface area (TPSA) is 229 Å². The van der Waals surface area contributed by atoms with Crippen molar-refractivity contribution in [3.8, 4) is 16.2 Å². The first kappa shape index (κ1) is 53.9. The van der Waals surface area contributed by atoms with E-state index in [-0.39, 0.29) is 61.7 Å². The molecule has 6 N–H and O–H groups in total. The molecule has 2 aromatic heterocycles. The third-order valence-corrected chi connectivity index (χ3v) is 16.7. The van der Waals surface area contributed by atoms with E-state index in [2.05, 4.69) is 42.7 Å². The van der Waals surface area contributed by atoms with Crippen LogP contribution in [0.3, 0.4) is 0 Å². The highest BCUT2D eigenvalue weighted by atomic mass is 35.5. The number of aromatic nitrogens is 3. The number of ether oxygens (including phenoxy) is 1. The molecular formula is C52H68ClN11O7S2. The van der Waals surface area contributed by atoms with Gasteiger partial charge >= 0.3 is 0 Å². The van der Waals surface area contributed by atoms with Gasteiger partial charge in [-0.3, -0.25) is 28.9 Å². The number of benzene rings is 2. The second kappa shape index (κ2) is 23.4. The van der Waals surface area contributed by atoms with Crippen LogP contribution in [-0.4, -0.2) is 148 Å². The summed E-state index contributed by atoms with van der Waals surface area (Å²) in [6.45, 7) is 14.2. The number of β-amino-alcohol motifs (C(OH)–C–C–N with tert-alkyl or cyclic N) is 1. The molecule has 1 saturated carbocycles. The number of halogens is 1. The Kier molecular flexibility index (Phi) is 17.3. The molecule has 4 fully saturated rings. The molecule has 4 aliphatic rings. The summed E-state index contributed by atoms with van der Waals surface area (Å²) in [5.41, 5.74) is 10.3. The number of aryl methyl sites for hydroxylation is 1. The Hall–Kier alpha value is -5.38. The van der Waals surface area contributed by atoms with Crippen molar-refractivity contribution in [3.63, 3.8) is 0 Å². The minimum atomic E-state index is -0.920. The number of hydrogen-bond acceptors (Lipinski definition) is 15. The van der Waals surface area contributed by atoms with Crippen LogP contribution in [0.25, 0.3) is 10.4 Å². The number of rotatable bonds is 19. The Morgan fingerprint density at radius 2 is 1.82 bits per heavy atom. The molecule has 4 aromatic rings. The highest BCUT2D eigenvalue weighted by Crippen LogP contribution is 2.38. The van der Waals surface area contributed by atoms with Crippen LogP contribution in [0.4, 0.5) is 11.5 Å². The monoisotopic (exact) mass is 1060 g/mol. The number of likely N-dealkylation sites (tertiary alicyclic amines) is 1. The fourth-order valence-electron chi connectivity index (χ4n) is 9.33. The van der Waals surface area contributed by atoms with E-state index in [0.29, 0.717) is 65.6 Å². The Balaban J connectivity index is 0.811. The Morgan fingerprint density at radius 1 is 1.04 bits per heavy atom. The average molecular weight is 1060 g/mol. The molecule has 5 heterocycles. The van der Waals surface area contributed by atoms with Crippen LogP contribution >= 0.6 is 34.7 Å². The number of nitrogens with zero attached hydrogens (tertiary/aromatic N) is 7. The average Bonchev–Trinajstić information content (AvgIpc) is 4.02. The minimum Gasteiger partial charge on any atom is -0.493 e. The Morgan fingerprint density at radius 3 is 2.49 bits per heavy atom. The number of aliphatic hydroxyl groups is 1. The second-order valence-electron chi connectivity index (χ2n) is 21.1. The van der Waals surface area contributed by atoms with Crippen LogP contribution < -0.4 is 31.3 Å². The lowest BCUT2D eigenvalue weighted by molar-refractivity contribution is -0.144. The van der Waals surface area contributed by atoms with E-state index in [1.165, 1.54) is 28.0 Å². The molecule has 1 aliphatic carbocycles. The maximum Gasteiger partial charge on any atom is 0.246 e. The van der Waals surface area contributed by atoms with Crippen molar-refractivity contribution in [1.29, 1.82) is 0 Å². The number of piperidine rings is 1. The Labute approximate surface area is 440 Å². The molecule has 3 atom stereocenters. The molecule has 0 spiro atoms. The van der Waals surface area contributed by atoms with E-state index in [9.17, 15) is 29.1 Å². The molecule has 2 aromatic carbocycles. The molecule has 73 heavy (non-hydrogen) atoms. The number of anilines is 2. The molecule has 3 aliphatic heterocycles. The van der Waals surface area contributed by atoms with E-state index < -0.39 is 35.4 Å². The molecule has 0 radical (unpaired) electrons. The number of thiazole rings is 1. The molecule has 392 valence electrons. The van der Waals surface area contributed by atoms with Crippen LogP contribution in [0.15, 0.2) is 64.2 Å². The predicted octanol–water partition coefficient (Wildman–Crippen LogP) is 5.35. The number of hydrogen-bond donors (Lipinski definition) is 5. The summed E-state index contributed by atoms with van der Waals surface area (Å²) in [5, 5.41) is 20.5. The van der Waals surface area contributed by atoms with E-state index in [1.807, 2.05) is 62.9 Å². The van der Waals surface area contributed by atoms with Gasteiger partial charge in [-0.1, -0.05) is 69.3 Å². The number of carbonyl (C=O) groups is 5. The van der Waals surface area contributed by atoms with Gasteiger partial charge in [0.15, 0.2) is 0 Å². The summed E-state index contributed by atoms with van der Waals surface area (Å²) in [4.78, 5) is 89.9. The highest BCUT2D eigenvalue weighted by molar-refractivity contribution is 7.99. The highest BCUT2D eigenvalue weighted by Gasteiger charge is 2.45. The molecule has 3 saturated heterocycles. The van der Waals surface area contributed by atoms with Crippen molar-refractivity contribution in [1.82, 2.24) is 40.3 Å². The van der Waals surface area contributed by atoms with Gasteiger partial charge in [-0.05, 0) is 80.2 Å². The minimum absolute atomic E-state index is 0.0102. The summed E-state index contributed by atoms with van der Waals surface area (Å²) in [6.07, 6.45) is 6.89. The molecule has 2 unspecified atom stereocenters. The number of amides is 5. The van der Waals surface area contributed by atoms with Gasteiger partial charge in [0.2, 0.25) is 29.5 Å². The lowest BCUT2D eigenvalue weighted by Gasteiger charge is -2.39. The normalized spacial score (nSPS) is 19.7. The third-order valence-electron chi connectivity index (χ3n) is 14.2. The second-order valence-corrected chi connectivity index (χ2v) is 23.4. The third kappa shape index (κ3) is 13.7. The van der Waals surface area contributed by atoms with Crippen LogP contribution in [0.1, 0.15) is 77.5 Å². The summed E-state index contributed by atoms with van der Waals surface area (Å²) in [6, 6.07) is 9.42. The van der Waals surface area contributed by atoms with Crippen LogP contribution in [0, 0.1) is 23.7 Å². The van der Waals surface area contributed by atoms with Crippen molar-refractivity contribution < 1.29 is 33.8 Å². The Bertz CT molecular complexity index is 2640. The van der Waals surface area contributed by atoms with Crippen molar-refractivity contribution in [2.75, 3.05) is 75.7 Å². The van der Waals surface area contributed by atoms with E-state index in [1.54, 1.807) is 28.9 Å². The first-order valence-electron chi connectivity index (χ1n) is 25.1. The number of carbonyl (C=O) groups excluding carboxylic acids is 5. The fourth-order valence-corrected chi connectivity index (χ4v) is 11.2.